The van der Waals surface area contributed by atoms with Crippen molar-refractivity contribution in [2.24, 2.45) is 0 Å². The van der Waals surface area contributed by atoms with E-state index >= 15 is 0 Å². The Morgan fingerprint density at radius 2 is 1.46 bits per heavy atom. The lowest BCUT2D eigenvalue weighted by Gasteiger charge is -2.15. The minimum Gasteiger partial charge on any atom is -0.504 e. The Morgan fingerprint density at radius 3 is 2.06 bits per heavy atom. The van der Waals surface area contributed by atoms with Gasteiger partial charge in [-0.1, -0.05) is 78.4 Å². The van der Waals surface area contributed by atoms with Gasteiger partial charge in [0.15, 0.2) is 17.8 Å². The number of hydrogen-bond donors (Lipinski definition) is 1. The highest BCUT2D eigenvalue weighted by molar-refractivity contribution is 5.87. The molecule has 0 amide bonds. The standard InChI is InChI=1S/C30H24N2O3/c1-20-13-15-25(16-14-20)32-28(22-11-7-4-8-12-22)27(21-9-5-3-6-10-21)31-30(32)23-17-24(19-33)29(34)26(18-23)35-2/h3-19,34H,1-2H3. The number of aromatic nitrogens is 2. The predicted molar refractivity (Wildman–Crippen MR) is 138 cm³/mol. The monoisotopic (exact) mass is 460 g/mol. The highest BCUT2D eigenvalue weighted by atomic mass is 16.5. The van der Waals surface area contributed by atoms with E-state index < -0.39 is 0 Å². The van der Waals surface area contributed by atoms with Crippen molar-refractivity contribution in [3.05, 3.63) is 108 Å². The van der Waals surface area contributed by atoms with E-state index in [4.69, 9.17) is 9.72 Å². The first-order chi connectivity index (χ1) is 17.1. The molecule has 5 rings (SSSR count). The van der Waals surface area contributed by atoms with Crippen molar-refractivity contribution < 1.29 is 14.6 Å². The van der Waals surface area contributed by atoms with Crippen LogP contribution in [0.15, 0.2) is 97.1 Å². The summed E-state index contributed by atoms with van der Waals surface area (Å²) in [5.41, 5.74) is 6.59. The third-order valence-electron chi connectivity index (χ3n) is 5.97. The first-order valence-corrected chi connectivity index (χ1v) is 11.3. The summed E-state index contributed by atoms with van der Waals surface area (Å²) in [5, 5.41) is 10.4. The molecule has 35 heavy (non-hydrogen) atoms. The maximum Gasteiger partial charge on any atom is 0.168 e. The molecule has 5 heteroatoms. The minimum absolute atomic E-state index is 0.139. The Kier molecular flexibility index (Phi) is 5.90. The van der Waals surface area contributed by atoms with Gasteiger partial charge < -0.3 is 9.84 Å². The fraction of sp³-hybridized carbons (Fsp3) is 0.0667. The average Bonchev–Trinajstić information content (AvgIpc) is 3.31. The number of aromatic hydroxyl groups is 1. The molecule has 0 unspecified atom stereocenters. The molecule has 5 nitrogen and oxygen atoms in total. The number of benzene rings is 4. The van der Waals surface area contributed by atoms with Crippen molar-refractivity contribution in [3.63, 3.8) is 0 Å². The zero-order chi connectivity index (χ0) is 24.4. The van der Waals surface area contributed by atoms with Gasteiger partial charge in [-0.3, -0.25) is 9.36 Å². The number of methoxy groups -OCH3 is 1. The summed E-state index contributed by atoms with van der Waals surface area (Å²) in [7, 11) is 1.46. The van der Waals surface area contributed by atoms with Crippen LogP contribution >= 0.6 is 0 Å². The zero-order valence-corrected chi connectivity index (χ0v) is 19.5. The van der Waals surface area contributed by atoms with Gasteiger partial charge in [0.05, 0.1) is 24.1 Å². The van der Waals surface area contributed by atoms with E-state index in [9.17, 15) is 9.90 Å². The molecule has 1 heterocycles. The zero-order valence-electron chi connectivity index (χ0n) is 19.5. The third kappa shape index (κ3) is 4.08. The number of imidazole rings is 1. The molecule has 172 valence electrons. The predicted octanol–water partition coefficient (Wildman–Crippen LogP) is 6.71. The Morgan fingerprint density at radius 1 is 0.829 bits per heavy atom. The van der Waals surface area contributed by atoms with Crippen LogP contribution in [-0.2, 0) is 0 Å². The summed E-state index contributed by atoms with van der Waals surface area (Å²) in [6.45, 7) is 2.05. The Hall–Kier alpha value is -4.64. The van der Waals surface area contributed by atoms with Gasteiger partial charge in [-0.25, -0.2) is 4.98 Å². The van der Waals surface area contributed by atoms with Gasteiger partial charge in [0.1, 0.15) is 5.82 Å². The van der Waals surface area contributed by atoms with Crippen LogP contribution in [0.1, 0.15) is 15.9 Å². The fourth-order valence-corrected chi connectivity index (χ4v) is 4.22. The largest absolute Gasteiger partial charge is 0.504 e. The molecule has 0 radical (unpaired) electrons. The van der Waals surface area contributed by atoms with Crippen LogP contribution < -0.4 is 4.74 Å². The van der Waals surface area contributed by atoms with E-state index in [0.717, 1.165) is 33.8 Å². The Bertz CT molecular complexity index is 1490. The van der Waals surface area contributed by atoms with E-state index in [1.807, 2.05) is 55.5 Å². The molecular formula is C30H24N2O3. The minimum atomic E-state index is -0.189. The van der Waals surface area contributed by atoms with Gasteiger partial charge in [-0.15, -0.1) is 0 Å². The summed E-state index contributed by atoms with van der Waals surface area (Å²) in [6.07, 6.45) is 0.622. The van der Waals surface area contributed by atoms with Crippen LogP contribution in [0.2, 0.25) is 0 Å². The number of nitrogens with zero attached hydrogens (tertiary/aromatic N) is 2. The SMILES string of the molecule is COc1cc(-c2nc(-c3ccccc3)c(-c3ccccc3)n2-c2ccc(C)cc2)cc(C=O)c1O. The van der Waals surface area contributed by atoms with Crippen LogP contribution in [0.5, 0.6) is 11.5 Å². The Balaban J connectivity index is 1.90. The topological polar surface area (TPSA) is 64.4 Å². The molecule has 0 bridgehead atoms. The number of aryl methyl sites for hydroxylation is 1. The highest BCUT2D eigenvalue weighted by Gasteiger charge is 2.24. The van der Waals surface area contributed by atoms with Crippen molar-refractivity contribution in [2.45, 2.75) is 6.92 Å². The maximum absolute atomic E-state index is 11.7. The number of carbonyl (C=O) groups excluding carboxylic acids is 1. The molecule has 0 saturated heterocycles. The summed E-state index contributed by atoms with van der Waals surface area (Å²) < 4.78 is 7.47. The number of ether oxygens (including phenoxy) is 1. The number of carbonyl (C=O) groups is 1. The molecule has 0 fully saturated rings. The van der Waals surface area contributed by atoms with Gasteiger partial charge in [-0.05, 0) is 31.2 Å². The second-order valence-electron chi connectivity index (χ2n) is 8.27. The number of aldehydes is 1. The van der Waals surface area contributed by atoms with Gasteiger partial charge in [-0.2, -0.15) is 0 Å². The van der Waals surface area contributed by atoms with E-state index in [0.29, 0.717) is 17.7 Å². The van der Waals surface area contributed by atoms with Gasteiger partial charge >= 0.3 is 0 Å². The summed E-state index contributed by atoms with van der Waals surface area (Å²) in [4.78, 5) is 16.9. The van der Waals surface area contributed by atoms with Crippen molar-refractivity contribution in [2.75, 3.05) is 7.11 Å². The number of phenolic OH excluding ortho intramolecular Hbond substituents is 1. The molecule has 1 aromatic heterocycles. The van der Waals surface area contributed by atoms with Crippen LogP contribution in [0.3, 0.4) is 0 Å². The first-order valence-electron chi connectivity index (χ1n) is 11.3. The molecule has 0 atom stereocenters. The summed E-state index contributed by atoms with van der Waals surface area (Å²) in [6, 6.07) is 31.7. The lowest BCUT2D eigenvalue weighted by Crippen LogP contribution is -2.01. The lowest BCUT2D eigenvalue weighted by atomic mass is 10.0. The molecule has 0 aliphatic heterocycles. The van der Waals surface area contributed by atoms with Gasteiger partial charge in [0.25, 0.3) is 0 Å². The van der Waals surface area contributed by atoms with Crippen LogP contribution in [-0.4, -0.2) is 28.1 Å². The number of rotatable bonds is 6. The Labute approximate surface area is 203 Å². The first kappa shape index (κ1) is 22.2. The van der Waals surface area contributed by atoms with Crippen molar-refractivity contribution >= 4 is 6.29 Å². The van der Waals surface area contributed by atoms with Gasteiger partial charge in [0, 0.05) is 22.4 Å². The lowest BCUT2D eigenvalue weighted by molar-refractivity contribution is 0.112. The normalized spacial score (nSPS) is 10.8. The molecular weight excluding hydrogens is 436 g/mol. The third-order valence-corrected chi connectivity index (χ3v) is 5.97. The second kappa shape index (κ2) is 9.31. The molecule has 4 aromatic carbocycles. The molecule has 0 saturated carbocycles. The van der Waals surface area contributed by atoms with Crippen LogP contribution in [0.25, 0.3) is 39.6 Å². The average molecular weight is 461 g/mol. The van der Waals surface area contributed by atoms with E-state index in [1.54, 1.807) is 12.1 Å². The fourth-order valence-electron chi connectivity index (χ4n) is 4.22. The smallest absolute Gasteiger partial charge is 0.168 e. The van der Waals surface area contributed by atoms with Crippen molar-refractivity contribution in [3.8, 4) is 51.1 Å². The summed E-state index contributed by atoms with van der Waals surface area (Å²) >= 11 is 0. The van der Waals surface area contributed by atoms with E-state index in [2.05, 4.69) is 41.0 Å². The van der Waals surface area contributed by atoms with Crippen LogP contribution in [0.4, 0.5) is 0 Å². The van der Waals surface area contributed by atoms with E-state index in [-0.39, 0.29) is 17.1 Å². The van der Waals surface area contributed by atoms with Crippen molar-refractivity contribution in [1.82, 2.24) is 9.55 Å². The number of hydrogen-bond acceptors (Lipinski definition) is 4. The maximum atomic E-state index is 11.7. The molecule has 5 aromatic rings. The molecule has 0 spiro atoms. The molecule has 1 N–H and O–H groups in total. The number of phenols is 1. The summed E-state index contributed by atoms with van der Waals surface area (Å²) in [5.74, 6) is 0.657. The second-order valence-corrected chi connectivity index (χ2v) is 8.27. The van der Waals surface area contributed by atoms with E-state index in [1.165, 1.54) is 7.11 Å². The van der Waals surface area contributed by atoms with Crippen molar-refractivity contribution in [1.29, 1.82) is 0 Å². The van der Waals surface area contributed by atoms with Crippen LogP contribution in [0, 0.1) is 6.92 Å². The van der Waals surface area contributed by atoms with Gasteiger partial charge in [0.2, 0.25) is 0 Å². The highest BCUT2D eigenvalue weighted by Crippen LogP contribution is 2.41. The molecule has 0 aliphatic rings. The molecule has 0 aliphatic carbocycles. The quantitative estimate of drug-likeness (QED) is 0.286.